The number of nitrogens with one attached hydrogen (secondary N) is 1. The van der Waals surface area contributed by atoms with Gasteiger partial charge >= 0.3 is 0 Å². The number of hydrogen-bond donors (Lipinski definition) is 1. The van der Waals surface area contributed by atoms with Crippen LogP contribution < -0.4 is 5.32 Å². The van der Waals surface area contributed by atoms with Gasteiger partial charge in [-0.05, 0) is 55.7 Å². The van der Waals surface area contributed by atoms with Crippen LogP contribution in [0.1, 0.15) is 41.0 Å². The standard InChI is InChI=1S/C21H20ClFN4O/c1-13-6-7-14(11-18(13)23)21(28)24-15-8-9-17(22)16(12-15)20-26-25-19-5-3-2-4-10-27(19)20/h6-9,11-12H,2-5,10H2,1H3,(H,24,28). The summed E-state index contributed by atoms with van der Waals surface area (Å²) in [4.78, 5) is 12.5. The number of carbonyl (C=O) groups is 1. The maximum Gasteiger partial charge on any atom is 0.255 e. The van der Waals surface area contributed by atoms with E-state index in [2.05, 4.69) is 20.1 Å². The van der Waals surface area contributed by atoms with Crippen LogP contribution in [0, 0.1) is 12.7 Å². The molecule has 0 saturated carbocycles. The lowest BCUT2D eigenvalue weighted by Gasteiger charge is -2.11. The molecule has 1 amide bonds. The molecular weight excluding hydrogens is 379 g/mol. The Balaban J connectivity index is 1.63. The highest BCUT2D eigenvalue weighted by Crippen LogP contribution is 2.31. The quantitative estimate of drug-likeness (QED) is 0.673. The summed E-state index contributed by atoms with van der Waals surface area (Å²) in [6.07, 6.45) is 4.25. The average molecular weight is 399 g/mol. The molecule has 144 valence electrons. The zero-order valence-corrected chi connectivity index (χ0v) is 16.3. The summed E-state index contributed by atoms with van der Waals surface area (Å²) in [7, 11) is 0. The van der Waals surface area contributed by atoms with E-state index in [0.29, 0.717) is 22.1 Å². The zero-order chi connectivity index (χ0) is 19.7. The molecule has 4 rings (SSSR count). The summed E-state index contributed by atoms with van der Waals surface area (Å²) in [6, 6.07) is 9.65. The minimum atomic E-state index is -0.407. The second-order valence-corrected chi connectivity index (χ2v) is 7.42. The second-order valence-electron chi connectivity index (χ2n) is 7.01. The van der Waals surface area contributed by atoms with Crippen LogP contribution in [0.4, 0.5) is 10.1 Å². The summed E-state index contributed by atoms with van der Waals surface area (Å²) >= 11 is 6.42. The molecule has 28 heavy (non-hydrogen) atoms. The third-order valence-electron chi connectivity index (χ3n) is 5.01. The van der Waals surface area contributed by atoms with E-state index in [-0.39, 0.29) is 11.5 Å². The number of halogens is 2. The molecule has 2 aromatic carbocycles. The number of carbonyl (C=O) groups excluding carboxylic acids is 1. The van der Waals surface area contributed by atoms with E-state index in [9.17, 15) is 9.18 Å². The molecule has 7 heteroatoms. The largest absolute Gasteiger partial charge is 0.322 e. The van der Waals surface area contributed by atoms with Crippen molar-refractivity contribution in [2.45, 2.75) is 39.2 Å². The minimum Gasteiger partial charge on any atom is -0.322 e. The van der Waals surface area contributed by atoms with E-state index < -0.39 is 5.82 Å². The lowest BCUT2D eigenvalue weighted by Crippen LogP contribution is -2.12. The smallest absolute Gasteiger partial charge is 0.255 e. The molecule has 0 saturated heterocycles. The maximum absolute atomic E-state index is 13.8. The van der Waals surface area contributed by atoms with Crippen molar-refractivity contribution in [3.8, 4) is 11.4 Å². The van der Waals surface area contributed by atoms with Crippen molar-refractivity contribution in [1.29, 1.82) is 0 Å². The number of rotatable bonds is 3. The van der Waals surface area contributed by atoms with Crippen LogP contribution in [0.5, 0.6) is 0 Å². The van der Waals surface area contributed by atoms with Crippen molar-refractivity contribution in [2.24, 2.45) is 0 Å². The van der Waals surface area contributed by atoms with E-state index in [1.165, 1.54) is 12.5 Å². The summed E-state index contributed by atoms with van der Waals surface area (Å²) in [5.41, 5.74) is 2.04. The molecule has 0 bridgehead atoms. The number of aromatic nitrogens is 3. The molecule has 1 aliphatic heterocycles. The first kappa shape index (κ1) is 18.6. The lowest BCUT2D eigenvalue weighted by atomic mass is 10.1. The average Bonchev–Trinajstić information content (AvgIpc) is 2.93. The van der Waals surface area contributed by atoms with Gasteiger partial charge in [-0.3, -0.25) is 4.79 Å². The topological polar surface area (TPSA) is 59.8 Å². The Bertz CT molecular complexity index is 1050. The van der Waals surface area contributed by atoms with Crippen LogP contribution in [0.2, 0.25) is 5.02 Å². The Morgan fingerprint density at radius 2 is 2.00 bits per heavy atom. The first-order chi connectivity index (χ1) is 13.5. The van der Waals surface area contributed by atoms with Gasteiger partial charge < -0.3 is 9.88 Å². The number of aryl methyl sites for hydroxylation is 2. The molecule has 0 unspecified atom stereocenters. The normalized spacial score (nSPS) is 13.7. The Morgan fingerprint density at radius 1 is 1.14 bits per heavy atom. The van der Waals surface area contributed by atoms with E-state index in [0.717, 1.165) is 37.2 Å². The van der Waals surface area contributed by atoms with E-state index in [4.69, 9.17) is 11.6 Å². The van der Waals surface area contributed by atoms with Crippen molar-refractivity contribution in [1.82, 2.24) is 14.8 Å². The second kappa shape index (κ2) is 7.72. The van der Waals surface area contributed by atoms with Gasteiger partial charge in [-0.2, -0.15) is 0 Å². The summed E-state index contributed by atoms with van der Waals surface area (Å²) in [5.74, 6) is 0.885. The van der Waals surface area contributed by atoms with Crippen LogP contribution in [-0.4, -0.2) is 20.7 Å². The fourth-order valence-electron chi connectivity index (χ4n) is 3.40. The van der Waals surface area contributed by atoms with Gasteiger partial charge in [-0.15, -0.1) is 10.2 Å². The van der Waals surface area contributed by atoms with Crippen LogP contribution in [0.15, 0.2) is 36.4 Å². The molecule has 3 aromatic rings. The highest BCUT2D eigenvalue weighted by Gasteiger charge is 2.19. The number of hydrogen-bond acceptors (Lipinski definition) is 3. The number of amides is 1. The third-order valence-corrected chi connectivity index (χ3v) is 5.34. The van der Waals surface area contributed by atoms with Crippen molar-refractivity contribution >= 4 is 23.2 Å². The van der Waals surface area contributed by atoms with Crippen molar-refractivity contribution < 1.29 is 9.18 Å². The maximum atomic E-state index is 13.8. The number of fused-ring (bicyclic) bond motifs is 1. The van der Waals surface area contributed by atoms with E-state index in [1.54, 1.807) is 37.3 Å². The monoisotopic (exact) mass is 398 g/mol. The third kappa shape index (κ3) is 3.64. The van der Waals surface area contributed by atoms with Gasteiger partial charge in [0.15, 0.2) is 5.82 Å². The summed E-state index contributed by atoms with van der Waals surface area (Å²) < 4.78 is 15.9. The zero-order valence-electron chi connectivity index (χ0n) is 15.5. The van der Waals surface area contributed by atoms with Crippen LogP contribution in [0.3, 0.4) is 0 Å². The first-order valence-electron chi connectivity index (χ1n) is 9.32. The van der Waals surface area contributed by atoms with Crippen molar-refractivity contribution in [2.75, 3.05) is 5.32 Å². The van der Waals surface area contributed by atoms with Gasteiger partial charge in [0.05, 0.1) is 5.02 Å². The predicted molar refractivity (Wildman–Crippen MR) is 107 cm³/mol. The highest BCUT2D eigenvalue weighted by atomic mass is 35.5. The first-order valence-corrected chi connectivity index (χ1v) is 9.70. The SMILES string of the molecule is Cc1ccc(C(=O)Nc2ccc(Cl)c(-c3nnc4n3CCCCC4)c2)cc1F. The molecule has 0 aliphatic carbocycles. The molecule has 0 fully saturated rings. The Morgan fingerprint density at radius 3 is 2.82 bits per heavy atom. The van der Waals surface area contributed by atoms with Gasteiger partial charge in [0.1, 0.15) is 11.6 Å². The lowest BCUT2D eigenvalue weighted by molar-refractivity contribution is 0.102. The van der Waals surface area contributed by atoms with Gasteiger partial charge in [0, 0.05) is 29.8 Å². The predicted octanol–water partition coefficient (Wildman–Crippen LogP) is 5.02. The van der Waals surface area contributed by atoms with Gasteiger partial charge in [-0.1, -0.05) is 24.1 Å². The van der Waals surface area contributed by atoms with Crippen LogP contribution in [-0.2, 0) is 13.0 Å². The van der Waals surface area contributed by atoms with Crippen molar-refractivity contribution in [3.63, 3.8) is 0 Å². The highest BCUT2D eigenvalue weighted by molar-refractivity contribution is 6.33. The van der Waals surface area contributed by atoms with E-state index in [1.807, 2.05) is 0 Å². The Labute approximate surface area is 167 Å². The van der Waals surface area contributed by atoms with E-state index >= 15 is 0 Å². The fraction of sp³-hybridized carbons (Fsp3) is 0.286. The van der Waals surface area contributed by atoms with Crippen LogP contribution in [0.25, 0.3) is 11.4 Å². The van der Waals surface area contributed by atoms with Gasteiger partial charge in [0.2, 0.25) is 0 Å². The number of nitrogens with zero attached hydrogens (tertiary/aromatic N) is 3. The Hall–Kier alpha value is -2.73. The van der Waals surface area contributed by atoms with Crippen molar-refractivity contribution in [3.05, 3.63) is 64.2 Å². The molecule has 2 heterocycles. The van der Waals surface area contributed by atoms with Gasteiger partial charge in [0.25, 0.3) is 5.91 Å². The molecule has 0 atom stereocenters. The summed E-state index contributed by atoms with van der Waals surface area (Å²) in [6.45, 7) is 2.51. The molecule has 0 radical (unpaired) electrons. The molecule has 0 spiro atoms. The van der Waals surface area contributed by atoms with Gasteiger partial charge in [-0.25, -0.2) is 4.39 Å². The fourth-order valence-corrected chi connectivity index (χ4v) is 3.60. The molecular formula is C21H20ClFN4O. The molecule has 1 aliphatic rings. The number of benzene rings is 2. The minimum absolute atomic E-state index is 0.260. The number of anilines is 1. The molecule has 5 nitrogen and oxygen atoms in total. The summed E-state index contributed by atoms with van der Waals surface area (Å²) in [5, 5.41) is 12.0. The Kier molecular flexibility index (Phi) is 5.13. The molecule has 1 aromatic heterocycles. The molecule has 1 N–H and O–H groups in total. The van der Waals surface area contributed by atoms with Crippen LogP contribution >= 0.6 is 11.6 Å².